The number of carbonyl (C=O) groups excluding carboxylic acids is 2. The molecule has 23 heavy (non-hydrogen) atoms. The number of hydrogen-bond acceptors (Lipinski definition) is 4. The molecule has 0 fully saturated rings. The van der Waals surface area contributed by atoms with Crippen molar-refractivity contribution in [3.05, 3.63) is 0 Å². The van der Waals surface area contributed by atoms with Crippen molar-refractivity contribution >= 4 is 11.9 Å². The van der Waals surface area contributed by atoms with Crippen LogP contribution in [0.2, 0.25) is 0 Å². The summed E-state index contributed by atoms with van der Waals surface area (Å²) in [5.41, 5.74) is 0. The van der Waals surface area contributed by atoms with E-state index < -0.39 is 0 Å². The Kier molecular flexibility index (Phi) is 15.1. The van der Waals surface area contributed by atoms with Crippen LogP contribution < -0.4 is 0 Å². The number of ether oxygens (including phenoxy) is 2. The maximum atomic E-state index is 11.8. The van der Waals surface area contributed by atoms with Gasteiger partial charge in [-0.05, 0) is 19.3 Å². The van der Waals surface area contributed by atoms with E-state index in [-0.39, 0.29) is 30.9 Å². The van der Waals surface area contributed by atoms with Crippen LogP contribution in [0.5, 0.6) is 0 Å². The first-order chi connectivity index (χ1) is 11.1. The largest absolute Gasteiger partial charge is 0.466 e. The first kappa shape index (κ1) is 21.9. The summed E-state index contributed by atoms with van der Waals surface area (Å²) in [6, 6.07) is 0. The molecule has 0 radical (unpaired) electrons. The van der Waals surface area contributed by atoms with Gasteiger partial charge < -0.3 is 9.47 Å². The van der Waals surface area contributed by atoms with Crippen molar-refractivity contribution in [2.24, 2.45) is 0 Å². The molecule has 0 aliphatic carbocycles. The summed E-state index contributed by atoms with van der Waals surface area (Å²) in [6.45, 7) is 6.82. The molecular weight excluding hydrogens is 292 g/mol. The Morgan fingerprint density at radius 1 is 0.739 bits per heavy atom. The zero-order valence-electron chi connectivity index (χ0n) is 15.4. The van der Waals surface area contributed by atoms with Gasteiger partial charge in [0.25, 0.3) is 0 Å². The van der Waals surface area contributed by atoms with E-state index in [1.807, 2.05) is 0 Å². The van der Waals surface area contributed by atoms with Gasteiger partial charge in [0.2, 0.25) is 0 Å². The monoisotopic (exact) mass is 328 g/mol. The molecule has 0 aromatic rings. The minimum absolute atomic E-state index is 0.00311. The van der Waals surface area contributed by atoms with Crippen LogP contribution in [-0.2, 0) is 19.1 Å². The zero-order valence-corrected chi connectivity index (χ0v) is 15.4. The van der Waals surface area contributed by atoms with Crippen molar-refractivity contribution in [3.63, 3.8) is 0 Å². The molecule has 136 valence electrons. The molecule has 0 N–H and O–H groups in total. The fourth-order valence-electron chi connectivity index (χ4n) is 2.50. The Morgan fingerprint density at radius 3 is 1.91 bits per heavy atom. The maximum absolute atomic E-state index is 11.8. The molecule has 0 saturated carbocycles. The third kappa shape index (κ3) is 14.3. The highest BCUT2D eigenvalue weighted by molar-refractivity contribution is 5.77. The number of hydrogen-bond donors (Lipinski definition) is 0. The standard InChI is InChI=1S/C19H36O4/c1-4-7-8-9-10-11-16-22-18(20)14-15-19(21)23-17(12-5-2)13-6-3/h17H,4-16H2,1-3H3. The topological polar surface area (TPSA) is 52.6 Å². The predicted octanol–water partition coefficient (Wildman–Crippen LogP) is 5.18. The van der Waals surface area contributed by atoms with Crippen molar-refractivity contribution in [2.75, 3.05) is 6.61 Å². The van der Waals surface area contributed by atoms with E-state index in [4.69, 9.17) is 9.47 Å². The molecular formula is C19H36O4. The second-order valence-corrected chi connectivity index (χ2v) is 6.18. The Labute approximate surface area is 142 Å². The van der Waals surface area contributed by atoms with Crippen molar-refractivity contribution in [3.8, 4) is 0 Å². The van der Waals surface area contributed by atoms with Crippen molar-refractivity contribution in [1.82, 2.24) is 0 Å². The number of esters is 2. The average Bonchev–Trinajstić information content (AvgIpc) is 2.52. The fourth-order valence-corrected chi connectivity index (χ4v) is 2.50. The molecule has 0 heterocycles. The normalized spacial score (nSPS) is 10.8. The van der Waals surface area contributed by atoms with Gasteiger partial charge in [-0.3, -0.25) is 9.59 Å². The molecule has 0 spiro atoms. The van der Waals surface area contributed by atoms with Gasteiger partial charge in [-0.15, -0.1) is 0 Å². The molecule has 0 atom stereocenters. The molecule has 4 nitrogen and oxygen atoms in total. The van der Waals surface area contributed by atoms with Crippen molar-refractivity contribution in [1.29, 1.82) is 0 Å². The highest BCUT2D eigenvalue weighted by Gasteiger charge is 2.14. The molecule has 0 aromatic carbocycles. The molecule has 4 heteroatoms. The number of unbranched alkanes of at least 4 members (excludes halogenated alkanes) is 5. The minimum atomic E-state index is -0.293. The van der Waals surface area contributed by atoms with Crippen LogP contribution in [0.15, 0.2) is 0 Å². The molecule has 0 unspecified atom stereocenters. The van der Waals surface area contributed by atoms with E-state index in [9.17, 15) is 9.59 Å². The predicted molar refractivity (Wildman–Crippen MR) is 93.3 cm³/mol. The molecule has 0 bridgehead atoms. The average molecular weight is 328 g/mol. The zero-order chi connectivity index (χ0) is 17.3. The molecule has 0 amide bonds. The molecule has 0 aliphatic rings. The molecule has 0 aromatic heterocycles. The van der Waals surface area contributed by atoms with Crippen molar-refractivity contribution in [2.45, 2.75) is 104 Å². The molecule has 0 rings (SSSR count). The summed E-state index contributed by atoms with van der Waals surface area (Å²) < 4.78 is 10.6. The van der Waals surface area contributed by atoms with Gasteiger partial charge in [0, 0.05) is 0 Å². The van der Waals surface area contributed by atoms with E-state index >= 15 is 0 Å². The highest BCUT2D eigenvalue weighted by atomic mass is 16.5. The Morgan fingerprint density at radius 2 is 1.30 bits per heavy atom. The van der Waals surface area contributed by atoms with Gasteiger partial charge in [0.1, 0.15) is 6.10 Å². The third-order valence-corrected chi connectivity index (χ3v) is 3.81. The molecule has 0 saturated heterocycles. The summed E-state index contributed by atoms with van der Waals surface area (Å²) in [6.07, 6.45) is 11.0. The van der Waals surface area contributed by atoms with Crippen LogP contribution in [0, 0.1) is 0 Å². The lowest BCUT2D eigenvalue weighted by atomic mass is 10.1. The van der Waals surface area contributed by atoms with Crippen LogP contribution in [-0.4, -0.2) is 24.6 Å². The second-order valence-electron chi connectivity index (χ2n) is 6.18. The number of rotatable bonds is 15. The van der Waals surface area contributed by atoms with Gasteiger partial charge in [-0.2, -0.15) is 0 Å². The van der Waals surface area contributed by atoms with Gasteiger partial charge in [-0.25, -0.2) is 0 Å². The van der Waals surface area contributed by atoms with E-state index in [0.29, 0.717) is 6.61 Å². The van der Waals surface area contributed by atoms with Crippen LogP contribution in [0.4, 0.5) is 0 Å². The lowest BCUT2D eigenvalue weighted by Gasteiger charge is -2.16. The third-order valence-electron chi connectivity index (χ3n) is 3.81. The van der Waals surface area contributed by atoms with Gasteiger partial charge >= 0.3 is 11.9 Å². The summed E-state index contributed by atoms with van der Waals surface area (Å²) in [5, 5.41) is 0. The first-order valence-corrected chi connectivity index (χ1v) is 9.49. The summed E-state index contributed by atoms with van der Waals surface area (Å²) >= 11 is 0. The van der Waals surface area contributed by atoms with E-state index in [0.717, 1.165) is 38.5 Å². The van der Waals surface area contributed by atoms with Gasteiger partial charge in [0.15, 0.2) is 0 Å². The second kappa shape index (κ2) is 15.8. The Balaban J connectivity index is 3.65. The van der Waals surface area contributed by atoms with Gasteiger partial charge in [-0.1, -0.05) is 65.7 Å². The van der Waals surface area contributed by atoms with Crippen LogP contribution in [0.3, 0.4) is 0 Å². The lowest BCUT2D eigenvalue weighted by molar-refractivity contribution is -0.154. The summed E-state index contributed by atoms with van der Waals surface area (Å²) in [4.78, 5) is 23.3. The minimum Gasteiger partial charge on any atom is -0.466 e. The quantitative estimate of drug-likeness (QED) is 0.307. The highest BCUT2D eigenvalue weighted by Crippen LogP contribution is 2.11. The van der Waals surface area contributed by atoms with Gasteiger partial charge in [0.05, 0.1) is 19.4 Å². The van der Waals surface area contributed by atoms with Crippen LogP contribution in [0.1, 0.15) is 97.8 Å². The SMILES string of the molecule is CCCCCCCCOC(=O)CCC(=O)OC(CCC)CCC. The first-order valence-electron chi connectivity index (χ1n) is 9.49. The van der Waals surface area contributed by atoms with Crippen LogP contribution in [0.25, 0.3) is 0 Å². The van der Waals surface area contributed by atoms with E-state index in [1.54, 1.807) is 0 Å². The summed E-state index contributed by atoms with van der Waals surface area (Å²) in [5.74, 6) is -0.577. The van der Waals surface area contributed by atoms with Crippen LogP contribution >= 0.6 is 0 Å². The Bertz CT molecular complexity index is 296. The van der Waals surface area contributed by atoms with E-state index in [1.165, 1.54) is 25.7 Å². The van der Waals surface area contributed by atoms with Crippen molar-refractivity contribution < 1.29 is 19.1 Å². The lowest BCUT2D eigenvalue weighted by Crippen LogP contribution is -2.19. The molecule has 0 aliphatic heterocycles. The fraction of sp³-hybridized carbons (Fsp3) is 0.895. The number of carbonyl (C=O) groups is 2. The maximum Gasteiger partial charge on any atom is 0.306 e. The van der Waals surface area contributed by atoms with E-state index in [2.05, 4.69) is 20.8 Å². The Hall–Kier alpha value is -1.06. The smallest absolute Gasteiger partial charge is 0.306 e. The summed E-state index contributed by atoms with van der Waals surface area (Å²) in [7, 11) is 0.